The van der Waals surface area contributed by atoms with Crippen LogP contribution in [0.3, 0.4) is 0 Å². The maximum Gasteiger partial charge on any atom is 0.257 e. The molecule has 2 aromatic rings. The zero-order valence-electron chi connectivity index (χ0n) is 13.7. The Morgan fingerprint density at radius 1 is 1.28 bits per heavy atom. The van der Waals surface area contributed by atoms with Crippen LogP contribution >= 0.6 is 0 Å². The van der Waals surface area contributed by atoms with E-state index >= 15 is 0 Å². The van der Waals surface area contributed by atoms with Gasteiger partial charge < -0.3 is 10.0 Å². The number of β-amino-alcohol motifs (C(OH)–C–C–N with tert-alkyl or cyclic N) is 1. The number of amides is 1. The van der Waals surface area contributed by atoms with Crippen LogP contribution in [0.2, 0.25) is 0 Å². The fourth-order valence-electron chi connectivity index (χ4n) is 3.86. The van der Waals surface area contributed by atoms with Crippen molar-refractivity contribution < 1.29 is 18.7 Å². The standard InChI is InChI=1S/C18H19F2N3O2/c19-11-4-5-15(20)13(7-11)17-8-12(24)10-22(17)18(25)14-9-21-23-6-2-1-3-16(14)23/h4-5,7,9,12,17,24H,1-3,6,8,10H2. The number of aliphatic hydroxyl groups excluding tert-OH is 1. The highest BCUT2D eigenvalue weighted by molar-refractivity contribution is 5.95. The summed E-state index contributed by atoms with van der Waals surface area (Å²) >= 11 is 0. The molecule has 2 atom stereocenters. The Morgan fingerprint density at radius 2 is 2.12 bits per heavy atom. The van der Waals surface area contributed by atoms with Crippen molar-refractivity contribution in [2.45, 2.75) is 44.4 Å². The number of rotatable bonds is 2. The molecule has 2 unspecified atom stereocenters. The average molecular weight is 347 g/mol. The first kappa shape index (κ1) is 16.2. The smallest absolute Gasteiger partial charge is 0.257 e. The third-order valence-corrected chi connectivity index (χ3v) is 5.07. The third-order valence-electron chi connectivity index (χ3n) is 5.07. The molecule has 25 heavy (non-hydrogen) atoms. The quantitative estimate of drug-likeness (QED) is 0.908. The van der Waals surface area contributed by atoms with E-state index in [2.05, 4.69) is 5.10 Å². The van der Waals surface area contributed by atoms with Gasteiger partial charge in [-0.05, 0) is 43.9 Å². The lowest BCUT2D eigenvalue weighted by Crippen LogP contribution is -2.33. The van der Waals surface area contributed by atoms with E-state index < -0.39 is 23.8 Å². The van der Waals surface area contributed by atoms with Crippen LogP contribution in [-0.4, -0.2) is 38.3 Å². The number of aliphatic hydroxyl groups is 1. The normalized spacial score (nSPS) is 22.9. The molecule has 0 saturated carbocycles. The van der Waals surface area contributed by atoms with Gasteiger partial charge in [0.25, 0.3) is 5.91 Å². The third kappa shape index (κ3) is 2.82. The minimum atomic E-state index is -0.761. The van der Waals surface area contributed by atoms with Gasteiger partial charge in [0.2, 0.25) is 0 Å². The molecule has 4 rings (SSSR count). The minimum absolute atomic E-state index is 0.101. The van der Waals surface area contributed by atoms with Gasteiger partial charge in [0.15, 0.2) is 0 Å². The highest BCUT2D eigenvalue weighted by Gasteiger charge is 2.38. The second kappa shape index (κ2) is 6.22. The van der Waals surface area contributed by atoms with Crippen molar-refractivity contribution in [2.75, 3.05) is 6.54 Å². The summed E-state index contributed by atoms with van der Waals surface area (Å²) in [6.07, 6.45) is 3.78. The lowest BCUT2D eigenvalue weighted by atomic mass is 10.0. The van der Waals surface area contributed by atoms with Crippen molar-refractivity contribution in [1.29, 1.82) is 0 Å². The van der Waals surface area contributed by atoms with Crippen molar-refractivity contribution in [3.05, 3.63) is 52.9 Å². The van der Waals surface area contributed by atoms with Gasteiger partial charge in [-0.1, -0.05) is 0 Å². The largest absolute Gasteiger partial charge is 0.391 e. The summed E-state index contributed by atoms with van der Waals surface area (Å²) in [5, 5.41) is 14.3. The van der Waals surface area contributed by atoms with Gasteiger partial charge in [-0.2, -0.15) is 5.10 Å². The lowest BCUT2D eigenvalue weighted by molar-refractivity contribution is 0.0712. The number of nitrogens with zero attached hydrogens (tertiary/aromatic N) is 3. The molecule has 1 aromatic carbocycles. The highest BCUT2D eigenvalue weighted by atomic mass is 19.1. The van der Waals surface area contributed by atoms with Gasteiger partial charge in [0.1, 0.15) is 11.6 Å². The van der Waals surface area contributed by atoms with Crippen molar-refractivity contribution in [3.8, 4) is 0 Å². The van der Waals surface area contributed by atoms with Gasteiger partial charge in [0, 0.05) is 18.7 Å². The van der Waals surface area contributed by atoms with Crippen molar-refractivity contribution in [3.63, 3.8) is 0 Å². The van der Waals surface area contributed by atoms with Gasteiger partial charge in [-0.3, -0.25) is 9.48 Å². The maximum absolute atomic E-state index is 14.2. The van der Waals surface area contributed by atoms with E-state index in [9.17, 15) is 18.7 Å². The van der Waals surface area contributed by atoms with Gasteiger partial charge in [0.05, 0.1) is 29.6 Å². The molecule has 132 valence electrons. The summed E-state index contributed by atoms with van der Waals surface area (Å²) in [7, 11) is 0. The highest BCUT2D eigenvalue weighted by Crippen LogP contribution is 2.35. The fourth-order valence-corrected chi connectivity index (χ4v) is 3.86. The number of fused-ring (bicyclic) bond motifs is 1. The number of aryl methyl sites for hydroxylation is 1. The van der Waals surface area contributed by atoms with Gasteiger partial charge in [-0.25, -0.2) is 8.78 Å². The fraction of sp³-hybridized carbons (Fsp3) is 0.444. The Kier molecular flexibility index (Phi) is 4.03. The first-order valence-corrected chi connectivity index (χ1v) is 8.53. The topological polar surface area (TPSA) is 58.4 Å². The second-order valence-electron chi connectivity index (χ2n) is 6.71. The Labute approximate surface area is 143 Å². The number of likely N-dealkylation sites (tertiary alicyclic amines) is 1. The number of carbonyl (C=O) groups is 1. The summed E-state index contributed by atoms with van der Waals surface area (Å²) in [4.78, 5) is 14.5. The summed E-state index contributed by atoms with van der Waals surface area (Å²) < 4.78 is 29.6. The Bertz CT molecular complexity index is 821. The van der Waals surface area contributed by atoms with Crippen LogP contribution in [-0.2, 0) is 13.0 Å². The Hall–Kier alpha value is -2.28. The second-order valence-corrected chi connectivity index (χ2v) is 6.71. The predicted molar refractivity (Wildman–Crippen MR) is 85.9 cm³/mol. The first-order chi connectivity index (χ1) is 12.0. The molecule has 3 heterocycles. The number of aromatic nitrogens is 2. The number of halogens is 2. The van der Waals surface area contributed by atoms with Crippen LogP contribution < -0.4 is 0 Å². The predicted octanol–water partition coefficient (Wildman–Crippen LogP) is 2.45. The maximum atomic E-state index is 14.2. The first-order valence-electron chi connectivity index (χ1n) is 8.53. The zero-order valence-corrected chi connectivity index (χ0v) is 13.7. The molecule has 1 N–H and O–H groups in total. The van der Waals surface area contributed by atoms with Crippen LogP contribution in [0.1, 0.15) is 46.9 Å². The molecule has 5 nitrogen and oxygen atoms in total. The molecule has 0 aliphatic carbocycles. The van der Waals surface area contributed by atoms with Crippen LogP contribution in [0, 0.1) is 11.6 Å². The number of benzene rings is 1. The molecule has 2 aliphatic rings. The molecule has 1 fully saturated rings. The minimum Gasteiger partial charge on any atom is -0.391 e. The van der Waals surface area contributed by atoms with E-state index in [1.165, 1.54) is 4.90 Å². The van der Waals surface area contributed by atoms with Crippen LogP contribution in [0.15, 0.2) is 24.4 Å². The summed E-state index contributed by atoms with van der Waals surface area (Å²) in [6.45, 7) is 0.886. The lowest BCUT2D eigenvalue weighted by Gasteiger charge is -2.25. The number of hydrogen-bond donors (Lipinski definition) is 1. The van der Waals surface area contributed by atoms with E-state index in [1.807, 2.05) is 4.68 Å². The van der Waals surface area contributed by atoms with E-state index in [0.717, 1.165) is 49.7 Å². The Balaban J connectivity index is 1.69. The zero-order chi connectivity index (χ0) is 17.6. The van der Waals surface area contributed by atoms with Gasteiger partial charge >= 0.3 is 0 Å². The molecule has 7 heteroatoms. The van der Waals surface area contributed by atoms with Crippen molar-refractivity contribution in [2.24, 2.45) is 0 Å². The molecule has 0 bridgehead atoms. The molecule has 1 amide bonds. The number of hydrogen-bond acceptors (Lipinski definition) is 3. The summed E-state index contributed by atoms with van der Waals surface area (Å²) in [5.74, 6) is -1.42. The summed E-state index contributed by atoms with van der Waals surface area (Å²) in [6, 6.07) is 2.52. The van der Waals surface area contributed by atoms with Crippen molar-refractivity contribution >= 4 is 5.91 Å². The van der Waals surface area contributed by atoms with Crippen LogP contribution in [0.25, 0.3) is 0 Å². The monoisotopic (exact) mass is 347 g/mol. The van der Waals surface area contributed by atoms with Crippen LogP contribution in [0.5, 0.6) is 0 Å². The van der Waals surface area contributed by atoms with E-state index in [0.29, 0.717) is 5.56 Å². The number of carbonyl (C=O) groups excluding carboxylic acids is 1. The SMILES string of the molecule is O=C(c1cnn2c1CCCC2)N1CC(O)CC1c1cc(F)ccc1F. The molecule has 1 saturated heterocycles. The van der Waals surface area contributed by atoms with E-state index in [4.69, 9.17) is 0 Å². The molecule has 2 aliphatic heterocycles. The molecule has 1 aromatic heterocycles. The molecule has 0 radical (unpaired) electrons. The van der Waals surface area contributed by atoms with Gasteiger partial charge in [-0.15, -0.1) is 0 Å². The van der Waals surface area contributed by atoms with Crippen LogP contribution in [0.4, 0.5) is 8.78 Å². The molecular formula is C18H19F2N3O2. The molecule has 0 spiro atoms. The van der Waals surface area contributed by atoms with E-state index in [-0.39, 0.29) is 24.4 Å². The molecular weight excluding hydrogens is 328 g/mol. The summed E-state index contributed by atoms with van der Waals surface area (Å²) in [5.41, 5.74) is 1.48. The Morgan fingerprint density at radius 3 is 2.96 bits per heavy atom. The van der Waals surface area contributed by atoms with Crippen molar-refractivity contribution in [1.82, 2.24) is 14.7 Å². The average Bonchev–Trinajstić information content (AvgIpc) is 3.20. The van der Waals surface area contributed by atoms with E-state index in [1.54, 1.807) is 6.20 Å².